The lowest BCUT2D eigenvalue weighted by Gasteiger charge is -2.22. The zero-order chi connectivity index (χ0) is 17.6. The molecule has 2 heterocycles. The Labute approximate surface area is 146 Å². The van der Waals surface area contributed by atoms with Crippen LogP contribution in [0.5, 0.6) is 5.75 Å². The molecule has 0 aliphatic carbocycles. The van der Waals surface area contributed by atoms with Gasteiger partial charge in [0.2, 0.25) is 0 Å². The Hall–Kier alpha value is -2.41. The minimum atomic E-state index is -0.416. The summed E-state index contributed by atoms with van der Waals surface area (Å²) in [5, 5.41) is 10.5. The Morgan fingerprint density at radius 2 is 2.32 bits per heavy atom. The Morgan fingerprint density at radius 3 is 3.08 bits per heavy atom. The van der Waals surface area contributed by atoms with Gasteiger partial charge in [0.25, 0.3) is 5.91 Å². The van der Waals surface area contributed by atoms with Crippen molar-refractivity contribution in [1.82, 2.24) is 20.4 Å². The van der Waals surface area contributed by atoms with Crippen molar-refractivity contribution >= 4 is 5.91 Å². The van der Waals surface area contributed by atoms with Crippen LogP contribution in [0.25, 0.3) is 0 Å². The van der Waals surface area contributed by atoms with Gasteiger partial charge < -0.3 is 15.4 Å². The number of benzene rings is 1. The van der Waals surface area contributed by atoms with Crippen LogP contribution in [0.3, 0.4) is 0 Å². The molecule has 7 heteroatoms. The molecule has 2 atom stereocenters. The number of rotatable bonds is 6. The first-order valence-electron chi connectivity index (χ1n) is 8.59. The molecule has 1 aromatic carbocycles. The first kappa shape index (κ1) is 17.4. The Balaban J connectivity index is 1.50. The van der Waals surface area contributed by atoms with Gasteiger partial charge in [0.1, 0.15) is 11.8 Å². The molecule has 2 N–H and O–H groups in total. The number of carbonyl (C=O) groups is 1. The highest BCUT2D eigenvalue weighted by molar-refractivity contribution is 5.92. The van der Waals surface area contributed by atoms with Gasteiger partial charge in [0.05, 0.1) is 12.6 Å². The highest BCUT2D eigenvalue weighted by Gasteiger charge is 2.18. The number of ether oxygens (including phenoxy) is 1. The normalized spacial score (nSPS) is 18.6. The van der Waals surface area contributed by atoms with Gasteiger partial charge >= 0.3 is 0 Å². The van der Waals surface area contributed by atoms with Crippen molar-refractivity contribution in [2.24, 2.45) is 0 Å². The monoisotopic (exact) mass is 346 g/mol. The molecule has 2 unspecified atom stereocenters. The third-order valence-corrected chi connectivity index (χ3v) is 4.20. The van der Waals surface area contributed by atoms with Gasteiger partial charge in [-0.15, -0.1) is 0 Å². The van der Waals surface area contributed by atoms with Crippen LogP contribution in [0.1, 0.15) is 36.3 Å². The van der Waals surface area contributed by atoms with E-state index < -0.39 is 5.82 Å². The van der Waals surface area contributed by atoms with Gasteiger partial charge in [-0.1, -0.05) is 12.1 Å². The topological polar surface area (TPSA) is 68.2 Å². The average Bonchev–Trinajstić information content (AvgIpc) is 3.13. The van der Waals surface area contributed by atoms with Crippen molar-refractivity contribution in [1.29, 1.82) is 0 Å². The van der Waals surface area contributed by atoms with E-state index in [1.165, 1.54) is 6.07 Å². The first-order chi connectivity index (χ1) is 12.1. The number of piperidine rings is 1. The van der Waals surface area contributed by atoms with E-state index in [4.69, 9.17) is 4.74 Å². The van der Waals surface area contributed by atoms with Crippen LogP contribution >= 0.6 is 0 Å². The molecule has 3 rings (SSSR count). The summed E-state index contributed by atoms with van der Waals surface area (Å²) in [5.74, 6) is -0.495. The lowest BCUT2D eigenvalue weighted by molar-refractivity contribution is 0.0925. The molecule has 2 aromatic rings. The minimum Gasteiger partial charge on any atom is -0.486 e. The summed E-state index contributed by atoms with van der Waals surface area (Å²) in [6, 6.07) is 8.22. The highest BCUT2D eigenvalue weighted by atomic mass is 19.1. The molecule has 0 spiro atoms. The Morgan fingerprint density at radius 1 is 1.48 bits per heavy atom. The Bertz CT molecular complexity index is 713. The summed E-state index contributed by atoms with van der Waals surface area (Å²) >= 11 is 0. The molecule has 1 amide bonds. The van der Waals surface area contributed by atoms with Crippen molar-refractivity contribution in [2.45, 2.75) is 31.9 Å². The predicted octanol–water partition coefficient (Wildman–Crippen LogP) is 2.14. The fourth-order valence-corrected chi connectivity index (χ4v) is 2.85. The smallest absolute Gasteiger partial charge is 0.271 e. The molecule has 0 saturated carbocycles. The molecule has 1 aliphatic heterocycles. The first-order valence-corrected chi connectivity index (χ1v) is 8.59. The second kappa shape index (κ2) is 8.11. The molecule has 1 aliphatic rings. The molecule has 0 radical (unpaired) electrons. The van der Waals surface area contributed by atoms with E-state index in [1.54, 1.807) is 31.2 Å². The number of carbonyl (C=O) groups excluding carboxylic acids is 1. The lowest BCUT2D eigenvalue weighted by atomic mass is 10.1. The third kappa shape index (κ3) is 4.57. The number of nitrogens with one attached hydrogen (secondary N) is 2. The van der Waals surface area contributed by atoms with Crippen LogP contribution in [0.2, 0.25) is 0 Å². The summed E-state index contributed by atoms with van der Waals surface area (Å²) in [7, 11) is 0. The molecule has 1 saturated heterocycles. The number of hydrogen-bond donors (Lipinski definition) is 2. The predicted molar refractivity (Wildman–Crippen MR) is 92.2 cm³/mol. The molecule has 1 fully saturated rings. The molecule has 1 aromatic heterocycles. The van der Waals surface area contributed by atoms with E-state index in [0.29, 0.717) is 11.7 Å². The van der Waals surface area contributed by atoms with E-state index in [9.17, 15) is 9.18 Å². The number of aromatic nitrogens is 2. The molecular formula is C18H23FN4O2. The fourth-order valence-electron chi connectivity index (χ4n) is 2.85. The zero-order valence-electron chi connectivity index (χ0n) is 14.2. The summed E-state index contributed by atoms with van der Waals surface area (Å²) in [6.07, 6.45) is 3.65. The number of hydrogen-bond acceptors (Lipinski definition) is 4. The summed E-state index contributed by atoms with van der Waals surface area (Å²) in [4.78, 5) is 12.2. The minimum absolute atomic E-state index is 0.179. The van der Waals surface area contributed by atoms with Crippen molar-refractivity contribution < 1.29 is 13.9 Å². The van der Waals surface area contributed by atoms with Crippen LogP contribution in [0, 0.1) is 5.82 Å². The fraction of sp³-hybridized carbons (Fsp3) is 0.444. The van der Waals surface area contributed by atoms with E-state index in [0.717, 1.165) is 25.9 Å². The van der Waals surface area contributed by atoms with E-state index in [1.807, 2.05) is 10.9 Å². The quantitative estimate of drug-likeness (QED) is 0.841. The lowest BCUT2D eigenvalue weighted by Crippen LogP contribution is -2.34. The number of para-hydroxylation sites is 1. The van der Waals surface area contributed by atoms with Crippen molar-refractivity contribution in [3.05, 3.63) is 48.0 Å². The molecule has 25 heavy (non-hydrogen) atoms. The van der Waals surface area contributed by atoms with E-state index in [-0.39, 0.29) is 24.3 Å². The van der Waals surface area contributed by atoms with Gasteiger partial charge in [0.15, 0.2) is 11.6 Å². The summed E-state index contributed by atoms with van der Waals surface area (Å²) < 4.78 is 20.9. The number of halogens is 1. The molecule has 6 nitrogen and oxygen atoms in total. The second-order valence-corrected chi connectivity index (χ2v) is 6.25. The average molecular weight is 346 g/mol. The van der Waals surface area contributed by atoms with E-state index in [2.05, 4.69) is 15.7 Å². The second-order valence-electron chi connectivity index (χ2n) is 6.25. The van der Waals surface area contributed by atoms with Crippen molar-refractivity contribution in [3.8, 4) is 5.75 Å². The molecule has 134 valence electrons. The molecular weight excluding hydrogens is 323 g/mol. The van der Waals surface area contributed by atoms with Crippen LogP contribution in [0.4, 0.5) is 4.39 Å². The largest absolute Gasteiger partial charge is 0.486 e. The van der Waals surface area contributed by atoms with Gasteiger partial charge in [-0.3, -0.25) is 9.48 Å². The van der Waals surface area contributed by atoms with Gasteiger partial charge in [-0.2, -0.15) is 5.10 Å². The SMILES string of the molecule is CC(CNC(=O)c1ccn(C2CCCNC2)n1)Oc1ccccc1F. The van der Waals surface area contributed by atoms with Gasteiger partial charge in [-0.05, 0) is 44.5 Å². The maximum absolute atomic E-state index is 13.6. The van der Waals surface area contributed by atoms with Crippen molar-refractivity contribution in [3.63, 3.8) is 0 Å². The number of amides is 1. The van der Waals surface area contributed by atoms with Crippen LogP contribution < -0.4 is 15.4 Å². The van der Waals surface area contributed by atoms with E-state index >= 15 is 0 Å². The maximum atomic E-state index is 13.6. The molecule has 0 bridgehead atoms. The third-order valence-electron chi connectivity index (χ3n) is 4.20. The summed E-state index contributed by atoms with van der Waals surface area (Å²) in [6.45, 7) is 3.95. The zero-order valence-corrected chi connectivity index (χ0v) is 14.2. The highest BCUT2D eigenvalue weighted by Crippen LogP contribution is 2.17. The van der Waals surface area contributed by atoms with Crippen LogP contribution in [-0.2, 0) is 0 Å². The number of nitrogens with zero attached hydrogens (tertiary/aromatic N) is 2. The Kier molecular flexibility index (Phi) is 5.65. The van der Waals surface area contributed by atoms with Crippen molar-refractivity contribution in [2.75, 3.05) is 19.6 Å². The maximum Gasteiger partial charge on any atom is 0.271 e. The standard InChI is InChI=1S/C18H23FN4O2/c1-13(25-17-7-3-2-6-15(17)19)11-21-18(24)16-8-10-23(22-16)14-5-4-9-20-12-14/h2-3,6-8,10,13-14,20H,4-5,9,11-12H2,1H3,(H,21,24). The van der Waals surface area contributed by atoms with Gasteiger partial charge in [-0.25, -0.2) is 4.39 Å². The van der Waals surface area contributed by atoms with Gasteiger partial charge in [0, 0.05) is 12.7 Å². The summed E-state index contributed by atoms with van der Waals surface area (Å²) in [5.41, 5.74) is 0.378. The van der Waals surface area contributed by atoms with Crippen LogP contribution in [0.15, 0.2) is 36.5 Å². The van der Waals surface area contributed by atoms with Crippen LogP contribution in [-0.4, -0.2) is 41.4 Å².